The van der Waals surface area contributed by atoms with Crippen LogP contribution in [0.2, 0.25) is 0 Å². The normalized spacial score (nSPS) is 20.4. The molecule has 0 aromatic heterocycles. The van der Waals surface area contributed by atoms with Crippen LogP contribution >= 0.6 is 0 Å². The van der Waals surface area contributed by atoms with Crippen molar-refractivity contribution in [3.8, 4) is 0 Å². The van der Waals surface area contributed by atoms with Gasteiger partial charge in [-0.3, -0.25) is 0 Å². The molecule has 0 aromatic carbocycles. The summed E-state index contributed by atoms with van der Waals surface area (Å²) in [5, 5.41) is 8.76. The van der Waals surface area contributed by atoms with Crippen LogP contribution < -0.4 is 5.73 Å². The van der Waals surface area contributed by atoms with E-state index >= 15 is 0 Å². The van der Waals surface area contributed by atoms with E-state index in [1.165, 1.54) is 6.42 Å². The van der Waals surface area contributed by atoms with Crippen molar-refractivity contribution in [1.82, 2.24) is 0 Å². The summed E-state index contributed by atoms with van der Waals surface area (Å²) in [6, 6.07) is 0. The first-order valence-electron chi connectivity index (χ1n) is 4.14. The average molecular weight is 145 g/mol. The number of rotatable bonds is 2. The lowest BCUT2D eigenvalue weighted by molar-refractivity contribution is 0.0535. The molecule has 0 radical (unpaired) electrons. The van der Waals surface area contributed by atoms with E-state index in [0.717, 1.165) is 12.8 Å². The maximum absolute atomic E-state index is 8.76. The molecule has 1 fully saturated rings. The Morgan fingerprint density at radius 2 is 1.90 bits per heavy atom. The van der Waals surface area contributed by atoms with E-state index in [1.54, 1.807) is 0 Å². The van der Waals surface area contributed by atoms with E-state index in [4.69, 9.17) is 10.8 Å². The van der Waals surface area contributed by atoms with Crippen LogP contribution in [0.1, 0.15) is 33.1 Å². The van der Waals surface area contributed by atoms with Gasteiger partial charge in [0, 0.05) is 18.6 Å². The summed E-state index contributed by atoms with van der Waals surface area (Å²) in [6.07, 6.45) is 3.50. The smallest absolute Gasteiger partial charge is 0.0499 e. The van der Waals surface area contributed by atoms with E-state index in [1.807, 2.05) is 13.8 Å². The summed E-state index contributed by atoms with van der Waals surface area (Å²) in [7, 11) is 0. The predicted molar refractivity (Wildman–Crippen MR) is 43.8 cm³/mol. The summed E-state index contributed by atoms with van der Waals surface area (Å²) in [5.41, 5.74) is 5.56. The van der Waals surface area contributed by atoms with Crippen molar-refractivity contribution in [2.75, 3.05) is 13.2 Å². The summed E-state index contributed by atoms with van der Waals surface area (Å²) in [5.74, 6) is 0. The van der Waals surface area contributed by atoms with Gasteiger partial charge in [-0.25, -0.2) is 0 Å². The predicted octanol–water partition coefficient (Wildman–Crippen LogP) is 1.13. The third-order valence-electron chi connectivity index (χ3n) is 2.18. The Bertz CT molecular complexity index is 65.8. The molecule has 0 aliphatic heterocycles. The van der Waals surface area contributed by atoms with Crippen molar-refractivity contribution in [1.29, 1.82) is 0 Å². The quantitative estimate of drug-likeness (QED) is 0.612. The van der Waals surface area contributed by atoms with E-state index < -0.39 is 0 Å². The molecule has 0 amide bonds. The third kappa shape index (κ3) is 1.96. The zero-order chi connectivity index (χ0) is 8.04. The van der Waals surface area contributed by atoms with Crippen LogP contribution in [0.3, 0.4) is 0 Å². The molecule has 0 saturated heterocycles. The topological polar surface area (TPSA) is 46.2 Å². The standard InChI is InChI=1S/C6H13NO.C2H6/c7-4-6(5-8)2-1-3-6;1-2/h8H,1-5,7H2;1-2H3. The highest BCUT2D eigenvalue weighted by Crippen LogP contribution is 2.38. The Morgan fingerprint density at radius 3 is 1.90 bits per heavy atom. The van der Waals surface area contributed by atoms with E-state index in [-0.39, 0.29) is 12.0 Å². The fourth-order valence-corrected chi connectivity index (χ4v) is 1.10. The van der Waals surface area contributed by atoms with E-state index in [9.17, 15) is 0 Å². The molecule has 1 rings (SSSR count). The Morgan fingerprint density at radius 1 is 1.40 bits per heavy atom. The second kappa shape index (κ2) is 4.69. The Kier molecular flexibility index (Phi) is 4.65. The Balaban J connectivity index is 0.000000371. The fraction of sp³-hybridized carbons (Fsp3) is 1.00. The molecule has 1 saturated carbocycles. The second-order valence-corrected chi connectivity index (χ2v) is 2.72. The van der Waals surface area contributed by atoms with Crippen LogP contribution in [0.5, 0.6) is 0 Å². The number of hydrogen-bond donors (Lipinski definition) is 2. The summed E-state index contributed by atoms with van der Waals surface area (Å²) < 4.78 is 0. The molecule has 2 nitrogen and oxygen atoms in total. The number of aliphatic hydroxyl groups excluding tert-OH is 1. The van der Waals surface area contributed by atoms with Gasteiger partial charge in [0.15, 0.2) is 0 Å². The van der Waals surface area contributed by atoms with Crippen LogP contribution in [0.25, 0.3) is 0 Å². The number of aliphatic hydroxyl groups is 1. The SMILES string of the molecule is CC.NCC1(CO)CCC1. The molecule has 3 N–H and O–H groups in total. The van der Waals surface area contributed by atoms with Crippen molar-refractivity contribution in [2.45, 2.75) is 33.1 Å². The largest absolute Gasteiger partial charge is 0.396 e. The zero-order valence-corrected chi connectivity index (χ0v) is 7.06. The van der Waals surface area contributed by atoms with Crippen LogP contribution in [0, 0.1) is 5.41 Å². The Labute approximate surface area is 63.4 Å². The molecule has 0 unspecified atom stereocenters. The van der Waals surface area contributed by atoms with Gasteiger partial charge in [-0.2, -0.15) is 0 Å². The molecular formula is C8H19NO. The minimum atomic E-state index is 0.139. The molecule has 0 atom stereocenters. The lowest BCUT2D eigenvalue weighted by Crippen LogP contribution is -2.40. The lowest BCUT2D eigenvalue weighted by Gasteiger charge is -2.38. The van der Waals surface area contributed by atoms with Gasteiger partial charge >= 0.3 is 0 Å². The zero-order valence-electron chi connectivity index (χ0n) is 7.06. The Hall–Kier alpha value is -0.0800. The maximum atomic E-state index is 8.76. The minimum absolute atomic E-state index is 0.139. The van der Waals surface area contributed by atoms with Crippen molar-refractivity contribution < 1.29 is 5.11 Å². The molecule has 10 heavy (non-hydrogen) atoms. The van der Waals surface area contributed by atoms with Crippen LogP contribution in [0.4, 0.5) is 0 Å². The monoisotopic (exact) mass is 145 g/mol. The molecule has 2 heteroatoms. The fourth-order valence-electron chi connectivity index (χ4n) is 1.10. The van der Waals surface area contributed by atoms with Gasteiger partial charge < -0.3 is 10.8 Å². The highest BCUT2D eigenvalue weighted by molar-refractivity contribution is 4.87. The first kappa shape index (κ1) is 9.92. The molecule has 62 valence electrons. The molecule has 1 aliphatic carbocycles. The van der Waals surface area contributed by atoms with Crippen molar-refractivity contribution in [2.24, 2.45) is 11.1 Å². The van der Waals surface area contributed by atoms with Gasteiger partial charge in [0.05, 0.1) is 0 Å². The maximum Gasteiger partial charge on any atom is 0.0499 e. The molecule has 0 aromatic rings. The third-order valence-corrected chi connectivity index (χ3v) is 2.18. The number of hydrogen-bond acceptors (Lipinski definition) is 2. The highest BCUT2D eigenvalue weighted by atomic mass is 16.3. The number of nitrogens with two attached hydrogens (primary N) is 1. The van der Waals surface area contributed by atoms with Crippen LogP contribution in [-0.4, -0.2) is 18.3 Å². The molecule has 0 bridgehead atoms. The summed E-state index contributed by atoms with van der Waals surface area (Å²) in [6.45, 7) is 4.94. The van der Waals surface area contributed by atoms with E-state index in [2.05, 4.69) is 0 Å². The summed E-state index contributed by atoms with van der Waals surface area (Å²) >= 11 is 0. The van der Waals surface area contributed by atoms with Crippen molar-refractivity contribution in [3.05, 3.63) is 0 Å². The first-order valence-corrected chi connectivity index (χ1v) is 4.14. The molecule has 1 aliphatic rings. The minimum Gasteiger partial charge on any atom is -0.396 e. The van der Waals surface area contributed by atoms with Gasteiger partial charge in [-0.1, -0.05) is 20.3 Å². The van der Waals surface area contributed by atoms with Crippen molar-refractivity contribution in [3.63, 3.8) is 0 Å². The van der Waals surface area contributed by atoms with Gasteiger partial charge in [-0.15, -0.1) is 0 Å². The van der Waals surface area contributed by atoms with Crippen LogP contribution in [-0.2, 0) is 0 Å². The first-order chi connectivity index (χ1) is 4.83. The highest BCUT2D eigenvalue weighted by Gasteiger charge is 2.34. The second-order valence-electron chi connectivity index (χ2n) is 2.72. The van der Waals surface area contributed by atoms with Gasteiger partial charge in [0.1, 0.15) is 0 Å². The van der Waals surface area contributed by atoms with Crippen molar-refractivity contribution >= 4 is 0 Å². The van der Waals surface area contributed by atoms with E-state index in [0.29, 0.717) is 6.54 Å². The van der Waals surface area contributed by atoms with Gasteiger partial charge in [0.2, 0.25) is 0 Å². The molecule has 0 heterocycles. The molecular weight excluding hydrogens is 126 g/mol. The lowest BCUT2D eigenvalue weighted by atomic mass is 9.69. The molecule has 0 spiro atoms. The van der Waals surface area contributed by atoms with Gasteiger partial charge in [-0.05, 0) is 12.8 Å². The van der Waals surface area contributed by atoms with Gasteiger partial charge in [0.25, 0.3) is 0 Å². The average Bonchev–Trinajstić information content (AvgIpc) is 1.93. The van der Waals surface area contributed by atoms with Crippen LogP contribution in [0.15, 0.2) is 0 Å². The summed E-state index contributed by atoms with van der Waals surface area (Å²) in [4.78, 5) is 0.